The molecule has 18 heavy (non-hydrogen) atoms. The summed E-state index contributed by atoms with van der Waals surface area (Å²) in [6.45, 7) is 5.76. The molecule has 2 aromatic carbocycles. The lowest BCUT2D eigenvalue weighted by Crippen LogP contribution is -1.92. The van der Waals surface area contributed by atoms with Crippen LogP contribution >= 0.6 is 0 Å². The quantitative estimate of drug-likeness (QED) is 0.892. The molecule has 2 nitrogen and oxygen atoms in total. The molecule has 0 saturated heterocycles. The van der Waals surface area contributed by atoms with Gasteiger partial charge in [-0.2, -0.15) is 0 Å². The van der Waals surface area contributed by atoms with E-state index in [4.69, 9.17) is 4.79 Å². The summed E-state index contributed by atoms with van der Waals surface area (Å²) in [5.41, 5.74) is 3.11. The van der Waals surface area contributed by atoms with E-state index < -0.39 is 0 Å². The Morgan fingerprint density at radius 2 is 1.67 bits per heavy atom. The van der Waals surface area contributed by atoms with Crippen LogP contribution in [0.15, 0.2) is 55.1 Å². The molecule has 0 atom stereocenters. The van der Waals surface area contributed by atoms with Gasteiger partial charge in [0, 0.05) is 12.0 Å². The van der Waals surface area contributed by atoms with Gasteiger partial charge in [-0.05, 0) is 17.2 Å². The van der Waals surface area contributed by atoms with Crippen LogP contribution in [0, 0.1) is 0 Å². The van der Waals surface area contributed by atoms with Crippen molar-refractivity contribution in [3.05, 3.63) is 71.8 Å². The van der Waals surface area contributed by atoms with Crippen LogP contribution in [0.2, 0.25) is 0 Å². The van der Waals surface area contributed by atoms with Gasteiger partial charge in [0.25, 0.3) is 0 Å². The molecule has 92 valence electrons. The minimum atomic E-state index is 0.334. The van der Waals surface area contributed by atoms with Crippen LogP contribution in [0.3, 0.4) is 0 Å². The van der Waals surface area contributed by atoms with E-state index in [1.54, 1.807) is 12.1 Å². The second-order valence-electron chi connectivity index (χ2n) is 3.71. The molecule has 0 amide bonds. The van der Waals surface area contributed by atoms with Gasteiger partial charge in [-0.25, -0.2) is 0 Å². The first-order valence-corrected chi connectivity index (χ1v) is 5.57. The van der Waals surface area contributed by atoms with Crippen molar-refractivity contribution in [3.8, 4) is 5.75 Å². The van der Waals surface area contributed by atoms with Gasteiger partial charge < -0.3 is 9.90 Å². The number of benzene rings is 2. The van der Waals surface area contributed by atoms with Crippen molar-refractivity contribution in [1.29, 1.82) is 0 Å². The van der Waals surface area contributed by atoms with Crippen molar-refractivity contribution in [2.45, 2.75) is 6.42 Å². The Balaban J connectivity index is 0.000000771. The van der Waals surface area contributed by atoms with Gasteiger partial charge in [0.05, 0.1) is 0 Å². The highest BCUT2D eigenvalue weighted by Crippen LogP contribution is 2.24. The molecule has 2 aromatic rings. The highest BCUT2D eigenvalue weighted by molar-refractivity contribution is 5.57. The lowest BCUT2D eigenvalue weighted by atomic mass is 9.99. The number of hydrogen-bond donors (Lipinski definition) is 1. The molecule has 0 spiro atoms. The zero-order valence-electron chi connectivity index (χ0n) is 10.2. The number of aromatic hydroxyl groups is 1. The maximum absolute atomic E-state index is 9.84. The maximum Gasteiger partial charge on any atom is 0.119 e. The van der Waals surface area contributed by atoms with Crippen LogP contribution in [0.4, 0.5) is 0 Å². The molecule has 0 fully saturated rings. The van der Waals surface area contributed by atoms with E-state index in [0.717, 1.165) is 17.5 Å². The third-order valence-corrected chi connectivity index (χ3v) is 2.63. The predicted octanol–water partition coefficient (Wildman–Crippen LogP) is 3.44. The average Bonchev–Trinajstić information content (AvgIpc) is 2.44. The largest absolute Gasteiger partial charge is 0.508 e. The Bertz CT molecular complexity index is 504. The van der Waals surface area contributed by atoms with Gasteiger partial charge in [-0.1, -0.05) is 55.1 Å². The standard InChI is InChI=1S/C15H14O.CH2O/c1-2-13-9-6-10-15(16)14(13)11-12-7-4-3-5-8-12;1-2/h2-10,16H,1,11H2;1H2. The van der Waals surface area contributed by atoms with Crippen molar-refractivity contribution in [2.75, 3.05) is 0 Å². The molecule has 0 aliphatic heterocycles. The summed E-state index contributed by atoms with van der Waals surface area (Å²) in [7, 11) is 0. The Morgan fingerprint density at radius 3 is 2.28 bits per heavy atom. The number of carbonyl (C=O) groups excluding carboxylic acids is 1. The summed E-state index contributed by atoms with van der Waals surface area (Å²) < 4.78 is 0. The predicted molar refractivity (Wildman–Crippen MR) is 74.6 cm³/mol. The third kappa shape index (κ3) is 3.32. The number of phenolic OH excluding ortho intramolecular Hbond substituents is 1. The first-order chi connectivity index (χ1) is 8.81. The van der Waals surface area contributed by atoms with Gasteiger partial charge in [0.1, 0.15) is 12.5 Å². The second kappa shape index (κ2) is 7.07. The van der Waals surface area contributed by atoms with Crippen molar-refractivity contribution >= 4 is 12.9 Å². The Hall–Kier alpha value is -2.35. The smallest absolute Gasteiger partial charge is 0.119 e. The fourth-order valence-corrected chi connectivity index (χ4v) is 1.78. The Kier molecular flexibility index (Phi) is 5.39. The minimum Gasteiger partial charge on any atom is -0.508 e. The molecule has 2 rings (SSSR count). The molecule has 0 saturated carbocycles. The van der Waals surface area contributed by atoms with Crippen LogP contribution in [0.5, 0.6) is 5.75 Å². The van der Waals surface area contributed by atoms with Crippen molar-refractivity contribution in [3.63, 3.8) is 0 Å². The monoisotopic (exact) mass is 240 g/mol. The fourth-order valence-electron chi connectivity index (χ4n) is 1.78. The highest BCUT2D eigenvalue weighted by atomic mass is 16.3. The van der Waals surface area contributed by atoms with Gasteiger partial charge in [0.15, 0.2) is 0 Å². The van der Waals surface area contributed by atoms with Crippen LogP contribution in [-0.4, -0.2) is 11.9 Å². The summed E-state index contributed by atoms with van der Waals surface area (Å²) >= 11 is 0. The molecule has 0 aromatic heterocycles. The van der Waals surface area contributed by atoms with Crippen LogP contribution < -0.4 is 0 Å². The number of phenols is 1. The van der Waals surface area contributed by atoms with E-state index in [1.807, 2.05) is 37.1 Å². The first kappa shape index (κ1) is 13.7. The summed E-state index contributed by atoms with van der Waals surface area (Å²) in [5, 5.41) is 9.84. The van der Waals surface area contributed by atoms with Crippen molar-refractivity contribution < 1.29 is 9.90 Å². The van der Waals surface area contributed by atoms with E-state index in [2.05, 4.69) is 18.7 Å². The van der Waals surface area contributed by atoms with Crippen LogP contribution in [0.1, 0.15) is 16.7 Å². The lowest BCUT2D eigenvalue weighted by Gasteiger charge is -2.08. The van der Waals surface area contributed by atoms with E-state index in [9.17, 15) is 5.11 Å². The molecule has 0 radical (unpaired) electrons. The summed E-state index contributed by atoms with van der Waals surface area (Å²) in [6, 6.07) is 15.6. The SMILES string of the molecule is C=Cc1cccc(O)c1Cc1ccccc1.C=O. The fraction of sp³-hybridized carbons (Fsp3) is 0.0625. The second-order valence-corrected chi connectivity index (χ2v) is 3.71. The number of carbonyl (C=O) groups is 1. The van der Waals surface area contributed by atoms with Crippen molar-refractivity contribution in [2.24, 2.45) is 0 Å². The zero-order chi connectivity index (χ0) is 13.4. The van der Waals surface area contributed by atoms with Crippen molar-refractivity contribution in [1.82, 2.24) is 0 Å². The molecule has 0 heterocycles. The highest BCUT2D eigenvalue weighted by Gasteiger charge is 2.05. The number of hydrogen-bond acceptors (Lipinski definition) is 2. The van der Waals surface area contributed by atoms with Gasteiger partial charge in [-0.3, -0.25) is 0 Å². The molecule has 0 unspecified atom stereocenters. The zero-order valence-corrected chi connectivity index (χ0v) is 10.2. The summed E-state index contributed by atoms with van der Waals surface area (Å²) in [4.78, 5) is 8.00. The van der Waals surface area contributed by atoms with Gasteiger partial charge in [-0.15, -0.1) is 0 Å². The molecule has 0 aliphatic rings. The van der Waals surface area contributed by atoms with Gasteiger partial charge >= 0.3 is 0 Å². The molecule has 0 bridgehead atoms. The molecular formula is C16H16O2. The molecular weight excluding hydrogens is 224 g/mol. The lowest BCUT2D eigenvalue weighted by molar-refractivity contribution is -0.0979. The molecule has 1 N–H and O–H groups in total. The summed E-state index contributed by atoms with van der Waals surface area (Å²) in [5.74, 6) is 0.334. The molecule has 0 aliphatic carbocycles. The Morgan fingerprint density at radius 1 is 1.00 bits per heavy atom. The van der Waals surface area contributed by atoms with E-state index in [-0.39, 0.29) is 0 Å². The number of rotatable bonds is 3. The van der Waals surface area contributed by atoms with E-state index in [1.165, 1.54) is 5.56 Å². The topological polar surface area (TPSA) is 37.3 Å². The average molecular weight is 240 g/mol. The normalized spacial score (nSPS) is 9.11. The maximum atomic E-state index is 9.84. The van der Waals surface area contributed by atoms with E-state index >= 15 is 0 Å². The Labute approximate surface area is 107 Å². The van der Waals surface area contributed by atoms with Crippen LogP contribution in [-0.2, 0) is 11.2 Å². The minimum absolute atomic E-state index is 0.334. The summed E-state index contributed by atoms with van der Waals surface area (Å²) in [6.07, 6.45) is 2.51. The van der Waals surface area contributed by atoms with Crippen LogP contribution in [0.25, 0.3) is 6.08 Å². The third-order valence-electron chi connectivity index (χ3n) is 2.63. The molecule has 2 heteroatoms. The van der Waals surface area contributed by atoms with Gasteiger partial charge in [0.2, 0.25) is 0 Å². The first-order valence-electron chi connectivity index (χ1n) is 5.57. The van der Waals surface area contributed by atoms with E-state index in [0.29, 0.717) is 5.75 Å².